The number of aryl methyl sites for hydroxylation is 2. The Morgan fingerprint density at radius 2 is 0.920 bits per heavy atom. The van der Waals surface area contributed by atoms with Crippen LogP contribution in [-0.2, 0) is 24.0 Å². The Labute approximate surface area is 291 Å². The molecule has 0 saturated carbocycles. The van der Waals surface area contributed by atoms with Gasteiger partial charge in [0.2, 0.25) is 0 Å². The zero-order chi connectivity index (χ0) is 37.4. The Morgan fingerprint density at radius 1 is 0.480 bits per heavy atom. The standard InChI is InChI=1S/C40H38O10/c1-21(2)36(41)46-29-12-14-31(25(9)17-29)32-20-34(49-38(43)23(5)6)28(19-35(32)50-39(44)24(7)8)16-27(11)40(45)48-33-15-13-30(18-26(33)10)47-37(42)22(3)4/h12-20H,1,3,5,7H2,2,4,6,8-11H3/b27-16+. The van der Waals surface area contributed by atoms with Gasteiger partial charge in [0, 0.05) is 39.0 Å². The van der Waals surface area contributed by atoms with Crippen molar-refractivity contribution in [2.75, 3.05) is 0 Å². The largest absolute Gasteiger partial charge is 0.423 e. The number of carbonyl (C=O) groups excluding carboxylic acids is 5. The summed E-state index contributed by atoms with van der Waals surface area (Å²) in [4.78, 5) is 62.7. The molecule has 0 aliphatic rings. The monoisotopic (exact) mass is 678 g/mol. The molecule has 10 nitrogen and oxygen atoms in total. The number of hydrogen-bond acceptors (Lipinski definition) is 10. The molecule has 0 aromatic heterocycles. The van der Waals surface area contributed by atoms with Crippen LogP contribution < -0.4 is 23.7 Å². The van der Waals surface area contributed by atoms with Crippen molar-refractivity contribution in [2.45, 2.75) is 48.5 Å². The first-order valence-corrected chi connectivity index (χ1v) is 15.2. The molecule has 258 valence electrons. The minimum atomic E-state index is -0.739. The first kappa shape index (κ1) is 38.2. The van der Waals surface area contributed by atoms with Gasteiger partial charge >= 0.3 is 29.8 Å². The molecular formula is C40H38O10. The van der Waals surface area contributed by atoms with Crippen LogP contribution in [0.5, 0.6) is 28.7 Å². The van der Waals surface area contributed by atoms with Gasteiger partial charge in [-0.3, -0.25) is 0 Å². The van der Waals surface area contributed by atoms with E-state index in [0.29, 0.717) is 22.3 Å². The van der Waals surface area contributed by atoms with E-state index in [1.54, 1.807) is 32.0 Å². The van der Waals surface area contributed by atoms with Gasteiger partial charge in [-0.1, -0.05) is 32.4 Å². The van der Waals surface area contributed by atoms with Crippen LogP contribution in [0.4, 0.5) is 0 Å². The van der Waals surface area contributed by atoms with Gasteiger partial charge in [-0.05, 0) is 114 Å². The summed E-state index contributed by atoms with van der Waals surface area (Å²) < 4.78 is 27.6. The molecule has 0 aliphatic heterocycles. The Bertz CT molecular complexity index is 2010. The smallest absolute Gasteiger partial charge is 0.339 e. The van der Waals surface area contributed by atoms with Gasteiger partial charge in [-0.25, -0.2) is 24.0 Å². The van der Waals surface area contributed by atoms with E-state index in [9.17, 15) is 24.0 Å². The summed E-state index contributed by atoms with van der Waals surface area (Å²) in [7, 11) is 0. The van der Waals surface area contributed by atoms with Gasteiger partial charge in [0.1, 0.15) is 28.7 Å². The van der Waals surface area contributed by atoms with E-state index < -0.39 is 29.8 Å². The summed E-state index contributed by atoms with van der Waals surface area (Å²) >= 11 is 0. The van der Waals surface area contributed by atoms with Crippen molar-refractivity contribution in [1.29, 1.82) is 0 Å². The topological polar surface area (TPSA) is 132 Å². The van der Waals surface area contributed by atoms with Crippen molar-refractivity contribution in [3.63, 3.8) is 0 Å². The molecule has 3 aromatic rings. The lowest BCUT2D eigenvalue weighted by atomic mass is 9.96. The van der Waals surface area contributed by atoms with E-state index in [1.807, 2.05) is 0 Å². The molecule has 0 unspecified atom stereocenters. The number of benzene rings is 3. The molecule has 0 aliphatic carbocycles. The fourth-order valence-electron chi connectivity index (χ4n) is 4.11. The third-order valence-electron chi connectivity index (χ3n) is 6.86. The van der Waals surface area contributed by atoms with Crippen LogP contribution in [-0.4, -0.2) is 29.8 Å². The zero-order valence-corrected chi connectivity index (χ0v) is 29.1. The zero-order valence-electron chi connectivity index (χ0n) is 29.1. The lowest BCUT2D eigenvalue weighted by Crippen LogP contribution is -2.13. The third-order valence-corrected chi connectivity index (χ3v) is 6.86. The van der Waals surface area contributed by atoms with E-state index in [0.717, 1.165) is 0 Å². The molecule has 50 heavy (non-hydrogen) atoms. The highest BCUT2D eigenvalue weighted by molar-refractivity contribution is 5.97. The maximum atomic E-state index is 13.3. The summed E-state index contributed by atoms with van der Waals surface area (Å²) in [5.74, 6) is -2.57. The number of hydrogen-bond donors (Lipinski definition) is 0. The third kappa shape index (κ3) is 9.86. The number of rotatable bonds is 12. The number of carbonyl (C=O) groups is 5. The average molecular weight is 679 g/mol. The second-order valence-electron chi connectivity index (χ2n) is 11.7. The molecule has 3 rings (SSSR count). The summed E-state index contributed by atoms with van der Waals surface area (Å²) in [5, 5.41) is 0. The summed E-state index contributed by atoms with van der Waals surface area (Å²) in [6, 6.07) is 12.3. The van der Waals surface area contributed by atoms with E-state index in [1.165, 1.54) is 71.0 Å². The number of esters is 5. The average Bonchev–Trinajstić information content (AvgIpc) is 3.03. The van der Waals surface area contributed by atoms with Gasteiger partial charge in [0.15, 0.2) is 0 Å². The van der Waals surface area contributed by atoms with E-state index in [4.69, 9.17) is 23.7 Å². The van der Waals surface area contributed by atoms with Crippen molar-refractivity contribution >= 4 is 35.9 Å². The van der Waals surface area contributed by atoms with Gasteiger partial charge in [0.05, 0.1) is 0 Å². The number of ether oxygens (including phenoxy) is 5. The first-order valence-electron chi connectivity index (χ1n) is 15.2. The van der Waals surface area contributed by atoms with Gasteiger partial charge in [0.25, 0.3) is 0 Å². The molecule has 0 spiro atoms. The van der Waals surface area contributed by atoms with Crippen LogP contribution in [0.15, 0.2) is 103 Å². The van der Waals surface area contributed by atoms with Crippen LogP contribution in [0, 0.1) is 13.8 Å². The second kappa shape index (κ2) is 16.2. The fourth-order valence-corrected chi connectivity index (χ4v) is 4.11. The first-order chi connectivity index (χ1) is 23.4. The molecule has 0 bridgehead atoms. The Balaban J connectivity index is 2.12. The molecule has 0 fully saturated rings. The molecule has 0 radical (unpaired) electrons. The molecular weight excluding hydrogens is 640 g/mol. The quantitative estimate of drug-likeness (QED) is 0.106. The van der Waals surface area contributed by atoms with E-state index >= 15 is 0 Å². The molecule has 0 saturated heterocycles. The van der Waals surface area contributed by atoms with Crippen molar-refractivity contribution in [3.8, 4) is 39.9 Å². The van der Waals surface area contributed by atoms with E-state index in [2.05, 4.69) is 26.3 Å². The Hall–Kier alpha value is -6.29. The second-order valence-corrected chi connectivity index (χ2v) is 11.7. The molecule has 0 atom stereocenters. The lowest BCUT2D eigenvalue weighted by molar-refractivity contribution is -0.131. The predicted octanol–water partition coefficient (Wildman–Crippen LogP) is 7.91. The molecule has 10 heteroatoms. The predicted molar refractivity (Wildman–Crippen MR) is 189 cm³/mol. The SMILES string of the molecule is C=C(C)C(=O)Oc1ccc(OC(=O)/C(C)=C/c2cc(OC(=O)C(=C)C)c(-c3ccc(OC(=O)C(=C)C)cc3C)cc2OC(=O)C(=C)C)c(C)c1. The maximum absolute atomic E-state index is 13.3. The van der Waals surface area contributed by atoms with Gasteiger partial charge in [-0.2, -0.15) is 0 Å². The van der Waals surface area contributed by atoms with E-state index in [-0.39, 0.29) is 62.2 Å². The lowest BCUT2D eigenvalue weighted by Gasteiger charge is -2.17. The highest BCUT2D eigenvalue weighted by atomic mass is 16.6. The summed E-state index contributed by atoms with van der Waals surface area (Å²) in [5.41, 5.74) is 3.03. The Morgan fingerprint density at radius 3 is 1.40 bits per heavy atom. The van der Waals surface area contributed by atoms with Crippen molar-refractivity contribution in [1.82, 2.24) is 0 Å². The maximum Gasteiger partial charge on any atom is 0.339 e. The van der Waals surface area contributed by atoms with Crippen LogP contribution >= 0.6 is 0 Å². The normalized spacial score (nSPS) is 10.7. The van der Waals surface area contributed by atoms with Crippen LogP contribution in [0.3, 0.4) is 0 Å². The summed E-state index contributed by atoms with van der Waals surface area (Å²) in [6.07, 6.45) is 1.41. The molecule has 0 N–H and O–H groups in total. The van der Waals surface area contributed by atoms with Crippen LogP contribution in [0.2, 0.25) is 0 Å². The Kier molecular flexibility index (Phi) is 12.4. The van der Waals surface area contributed by atoms with Gasteiger partial charge in [-0.15, -0.1) is 0 Å². The highest BCUT2D eigenvalue weighted by Crippen LogP contribution is 2.40. The molecule has 0 heterocycles. The molecule has 0 amide bonds. The van der Waals surface area contributed by atoms with Crippen LogP contribution in [0.25, 0.3) is 17.2 Å². The summed E-state index contributed by atoms with van der Waals surface area (Å²) in [6.45, 7) is 25.4. The van der Waals surface area contributed by atoms with Crippen molar-refractivity contribution in [3.05, 3.63) is 119 Å². The van der Waals surface area contributed by atoms with Gasteiger partial charge < -0.3 is 23.7 Å². The minimum absolute atomic E-state index is 0.0207. The molecule has 3 aromatic carbocycles. The van der Waals surface area contributed by atoms with Crippen molar-refractivity contribution < 1.29 is 47.7 Å². The minimum Gasteiger partial charge on any atom is -0.423 e. The van der Waals surface area contributed by atoms with Crippen molar-refractivity contribution in [2.24, 2.45) is 0 Å². The van der Waals surface area contributed by atoms with Crippen LogP contribution in [0.1, 0.15) is 51.3 Å². The fraction of sp³-hybridized carbons (Fsp3) is 0.175. The highest BCUT2D eigenvalue weighted by Gasteiger charge is 2.21.